The van der Waals surface area contributed by atoms with E-state index in [0.29, 0.717) is 32.8 Å². The number of anilines is 1. The van der Waals surface area contributed by atoms with Gasteiger partial charge in [-0.15, -0.1) is 0 Å². The van der Waals surface area contributed by atoms with E-state index in [1.165, 1.54) is 0 Å². The minimum absolute atomic E-state index is 0.00862. The maximum atomic E-state index is 13.2. The van der Waals surface area contributed by atoms with Crippen LogP contribution in [0.15, 0.2) is 48.5 Å². The minimum Gasteiger partial charge on any atom is -0.497 e. The summed E-state index contributed by atoms with van der Waals surface area (Å²) in [6, 6.07) is 15.1. The predicted molar refractivity (Wildman–Crippen MR) is 114 cm³/mol. The summed E-state index contributed by atoms with van der Waals surface area (Å²) in [5.74, 6) is 1.31. The minimum atomic E-state index is -0.197. The molecule has 0 bridgehead atoms. The fraction of sp³-hybridized carbons (Fsp3) is 0.391. The molecule has 1 N–H and O–H groups in total. The molecule has 158 valence electrons. The number of hydrogen-bond donors (Lipinski definition) is 1. The Morgan fingerprint density at radius 2 is 1.93 bits per heavy atom. The Morgan fingerprint density at radius 1 is 1.13 bits per heavy atom. The molecule has 3 amide bonds. The van der Waals surface area contributed by atoms with Gasteiger partial charge in [-0.1, -0.05) is 24.3 Å². The van der Waals surface area contributed by atoms with Crippen LogP contribution in [-0.2, 0) is 11.3 Å². The Balaban J connectivity index is 1.36. The van der Waals surface area contributed by atoms with Gasteiger partial charge in [0.15, 0.2) is 0 Å². The van der Waals surface area contributed by atoms with Crippen molar-refractivity contribution in [2.24, 2.45) is 5.92 Å². The van der Waals surface area contributed by atoms with Crippen molar-refractivity contribution in [2.45, 2.75) is 19.4 Å². The zero-order chi connectivity index (χ0) is 20.9. The van der Waals surface area contributed by atoms with E-state index in [2.05, 4.69) is 5.32 Å². The van der Waals surface area contributed by atoms with Crippen LogP contribution >= 0.6 is 0 Å². The monoisotopic (exact) mass is 409 g/mol. The number of methoxy groups -OCH3 is 1. The van der Waals surface area contributed by atoms with Gasteiger partial charge in [0.25, 0.3) is 0 Å². The molecule has 2 aromatic rings. The molecule has 0 aliphatic carbocycles. The molecule has 2 aliphatic rings. The van der Waals surface area contributed by atoms with Crippen molar-refractivity contribution in [3.63, 3.8) is 0 Å². The normalized spacial score (nSPS) is 18.2. The van der Waals surface area contributed by atoms with Gasteiger partial charge in [-0.2, -0.15) is 0 Å². The molecule has 1 saturated heterocycles. The molecule has 2 aromatic carbocycles. The summed E-state index contributed by atoms with van der Waals surface area (Å²) in [7, 11) is 1.63. The van der Waals surface area contributed by atoms with Gasteiger partial charge in [0, 0.05) is 19.6 Å². The highest BCUT2D eigenvalue weighted by Gasteiger charge is 2.33. The lowest BCUT2D eigenvalue weighted by Gasteiger charge is -2.37. The van der Waals surface area contributed by atoms with E-state index < -0.39 is 0 Å². The molecule has 30 heavy (non-hydrogen) atoms. The lowest BCUT2D eigenvalue weighted by molar-refractivity contribution is -0.126. The van der Waals surface area contributed by atoms with Gasteiger partial charge < -0.3 is 19.7 Å². The number of hydrogen-bond acceptors (Lipinski definition) is 4. The number of carbonyl (C=O) groups excluding carboxylic acids is 2. The quantitative estimate of drug-likeness (QED) is 0.843. The van der Waals surface area contributed by atoms with Gasteiger partial charge >= 0.3 is 6.03 Å². The number of ether oxygens (including phenoxy) is 2. The van der Waals surface area contributed by atoms with E-state index in [-0.39, 0.29) is 17.9 Å². The fourth-order valence-electron chi connectivity index (χ4n) is 3.98. The smallest absolute Gasteiger partial charge is 0.324 e. The summed E-state index contributed by atoms with van der Waals surface area (Å²) in [4.78, 5) is 29.5. The number of urea groups is 1. The molecule has 4 rings (SSSR count). The highest BCUT2D eigenvalue weighted by Crippen LogP contribution is 2.32. The Morgan fingerprint density at radius 3 is 2.73 bits per heavy atom. The zero-order valence-corrected chi connectivity index (χ0v) is 17.2. The molecule has 0 aromatic heterocycles. The number of fused-ring (bicyclic) bond motifs is 1. The highest BCUT2D eigenvalue weighted by atomic mass is 16.5. The molecule has 0 saturated carbocycles. The van der Waals surface area contributed by atoms with E-state index in [0.717, 1.165) is 35.6 Å². The number of likely N-dealkylation sites (tertiary alicyclic amines) is 1. The number of nitrogens with one attached hydrogen (secondary N) is 1. The van der Waals surface area contributed by atoms with Crippen LogP contribution in [0.25, 0.3) is 0 Å². The Labute approximate surface area is 176 Å². The van der Waals surface area contributed by atoms with Gasteiger partial charge in [0.2, 0.25) is 5.91 Å². The highest BCUT2D eigenvalue weighted by molar-refractivity contribution is 5.94. The average molecular weight is 409 g/mol. The van der Waals surface area contributed by atoms with Crippen molar-refractivity contribution in [1.29, 1.82) is 0 Å². The number of benzene rings is 2. The van der Waals surface area contributed by atoms with E-state index in [4.69, 9.17) is 9.47 Å². The largest absolute Gasteiger partial charge is 0.497 e. The number of para-hydroxylation sites is 2. The second-order valence-electron chi connectivity index (χ2n) is 7.60. The van der Waals surface area contributed by atoms with Gasteiger partial charge in [-0.25, -0.2) is 4.79 Å². The molecule has 7 nitrogen and oxygen atoms in total. The third kappa shape index (κ3) is 4.35. The molecule has 0 radical (unpaired) electrons. The second-order valence-corrected chi connectivity index (χ2v) is 7.60. The lowest BCUT2D eigenvalue weighted by atomic mass is 9.97. The van der Waals surface area contributed by atoms with Gasteiger partial charge in [-0.05, 0) is 42.7 Å². The summed E-state index contributed by atoms with van der Waals surface area (Å²) < 4.78 is 10.8. The molecule has 0 spiro atoms. The third-order valence-electron chi connectivity index (χ3n) is 5.65. The molecule has 2 heterocycles. The van der Waals surface area contributed by atoms with Crippen LogP contribution in [0.4, 0.5) is 10.5 Å². The summed E-state index contributed by atoms with van der Waals surface area (Å²) in [6.07, 6.45) is 1.61. The van der Waals surface area contributed by atoms with Gasteiger partial charge in [0.05, 0.1) is 25.3 Å². The SMILES string of the molecule is COc1ccc(CNC(=O)[C@@H]2CCCN(C(=O)N3CCOc4ccccc43)C2)cc1. The third-order valence-corrected chi connectivity index (χ3v) is 5.65. The van der Waals surface area contributed by atoms with Gasteiger partial charge in [-0.3, -0.25) is 9.69 Å². The molecular formula is C23H27N3O4. The van der Waals surface area contributed by atoms with Crippen LogP contribution in [0.2, 0.25) is 0 Å². The number of rotatable bonds is 4. The molecule has 1 fully saturated rings. The Hall–Kier alpha value is -3.22. The first kappa shape index (κ1) is 20.1. The van der Waals surface area contributed by atoms with Crippen molar-refractivity contribution in [1.82, 2.24) is 10.2 Å². The lowest BCUT2D eigenvalue weighted by Crippen LogP contribution is -2.52. The maximum absolute atomic E-state index is 13.2. The number of carbonyl (C=O) groups is 2. The number of nitrogens with zero attached hydrogens (tertiary/aromatic N) is 2. The van der Waals surface area contributed by atoms with Crippen LogP contribution < -0.4 is 19.7 Å². The van der Waals surface area contributed by atoms with E-state index >= 15 is 0 Å². The summed E-state index contributed by atoms with van der Waals surface area (Å²) >= 11 is 0. The number of amides is 3. The predicted octanol–water partition coefficient (Wildman–Crippen LogP) is 3.04. The molecular weight excluding hydrogens is 382 g/mol. The van der Waals surface area contributed by atoms with E-state index in [9.17, 15) is 9.59 Å². The Kier molecular flexibility index (Phi) is 6.07. The Bertz CT molecular complexity index is 900. The first-order valence-corrected chi connectivity index (χ1v) is 10.3. The van der Waals surface area contributed by atoms with Crippen LogP contribution in [0.3, 0.4) is 0 Å². The van der Waals surface area contributed by atoms with Crippen molar-refractivity contribution >= 4 is 17.6 Å². The van der Waals surface area contributed by atoms with E-state index in [1.807, 2.05) is 48.5 Å². The van der Waals surface area contributed by atoms with Crippen molar-refractivity contribution < 1.29 is 19.1 Å². The maximum Gasteiger partial charge on any atom is 0.324 e. The zero-order valence-electron chi connectivity index (χ0n) is 17.2. The summed E-state index contributed by atoms with van der Waals surface area (Å²) in [5.41, 5.74) is 1.80. The van der Waals surface area contributed by atoms with E-state index in [1.54, 1.807) is 16.9 Å². The number of piperidine rings is 1. The first-order chi connectivity index (χ1) is 14.7. The fourth-order valence-corrected chi connectivity index (χ4v) is 3.98. The van der Waals surface area contributed by atoms with Crippen molar-refractivity contribution in [2.75, 3.05) is 38.3 Å². The van der Waals surface area contributed by atoms with Gasteiger partial charge in [0.1, 0.15) is 18.1 Å². The second kappa shape index (κ2) is 9.07. The summed E-state index contributed by atoms with van der Waals surface area (Å²) in [5, 5.41) is 3.01. The summed E-state index contributed by atoms with van der Waals surface area (Å²) in [6.45, 7) is 2.56. The first-order valence-electron chi connectivity index (χ1n) is 10.3. The van der Waals surface area contributed by atoms with Crippen LogP contribution in [0.5, 0.6) is 11.5 Å². The molecule has 1 atom stereocenters. The standard InChI is InChI=1S/C23H27N3O4/c1-29-19-10-8-17(9-11-19)15-24-22(27)18-5-4-12-25(16-18)23(28)26-13-14-30-21-7-3-2-6-20(21)26/h2-3,6-11,18H,4-5,12-16H2,1H3,(H,24,27)/t18-/m1/s1. The van der Waals surface area contributed by atoms with Crippen LogP contribution in [0, 0.1) is 5.92 Å². The van der Waals surface area contributed by atoms with Crippen LogP contribution in [-0.4, -0.2) is 50.2 Å². The molecule has 2 aliphatic heterocycles. The van der Waals surface area contributed by atoms with Crippen molar-refractivity contribution in [3.05, 3.63) is 54.1 Å². The molecule has 7 heteroatoms. The van der Waals surface area contributed by atoms with Crippen LogP contribution in [0.1, 0.15) is 18.4 Å². The molecule has 0 unspecified atom stereocenters. The topological polar surface area (TPSA) is 71.1 Å². The average Bonchev–Trinajstić information content (AvgIpc) is 2.82. The van der Waals surface area contributed by atoms with Crippen molar-refractivity contribution in [3.8, 4) is 11.5 Å².